The Labute approximate surface area is 495 Å². The van der Waals surface area contributed by atoms with Gasteiger partial charge in [-0.05, 0) is 83.1 Å². The SMILES string of the molecule is CC/C=C\C/C=C\C/C=C\C/C=C\C/C=C\C/C=C\CCCCCCCCC(=O)NC(COP(=O)(O)OCC[N+](C)(C)C)C(/C=C\CCCCCCCCCCCC)OC(=O)CCCCCCCCCCCCCCCCCCC. The van der Waals surface area contributed by atoms with Gasteiger partial charge in [0.2, 0.25) is 5.91 Å². The smallest absolute Gasteiger partial charge is 0.456 e. The van der Waals surface area contributed by atoms with E-state index < -0.39 is 20.0 Å². The van der Waals surface area contributed by atoms with Crippen molar-refractivity contribution in [2.24, 2.45) is 0 Å². The normalized spacial score (nSPS) is 14.1. The molecule has 0 aromatic rings. The standard InChI is InChI=1S/C70H127N2O7P/c1-7-10-13-16-19-22-25-28-30-32-33-34-35-36-37-38-39-41-42-44-47-50-53-56-59-62-69(73)71-67(66-78-80(75,76)77-65-64-72(4,5)6)68(61-58-55-52-49-46-27-24-21-18-15-12-9-3)79-70(74)63-60-57-54-51-48-45-43-40-31-29-26-23-20-17-14-11-8-2/h10,13,19,22,28,30,33-34,36-37,39,41,58,61,67-68H,7-9,11-12,14-18,20-21,23-27,29,31-32,35,38,40,42-57,59-60,62-66H2,1-6H3,(H-,71,73,75,76)/p+1/b13-10-,22-19-,30-28-,34-33-,37-36-,41-39-,61-58-. The summed E-state index contributed by atoms with van der Waals surface area (Å²) in [6.45, 7) is 6.91. The van der Waals surface area contributed by atoms with Gasteiger partial charge >= 0.3 is 13.8 Å². The molecular weight excluding hydrogens is 1010 g/mol. The van der Waals surface area contributed by atoms with Crippen molar-refractivity contribution in [2.75, 3.05) is 40.9 Å². The van der Waals surface area contributed by atoms with E-state index in [4.69, 9.17) is 13.8 Å². The van der Waals surface area contributed by atoms with Gasteiger partial charge in [0.05, 0.1) is 33.8 Å². The van der Waals surface area contributed by atoms with Gasteiger partial charge in [0.1, 0.15) is 19.3 Å². The Morgan fingerprint density at radius 3 is 1.20 bits per heavy atom. The molecule has 0 radical (unpaired) electrons. The molecule has 10 heteroatoms. The van der Waals surface area contributed by atoms with E-state index in [1.165, 1.54) is 141 Å². The van der Waals surface area contributed by atoms with Gasteiger partial charge in [-0.25, -0.2) is 4.57 Å². The third-order valence-corrected chi connectivity index (χ3v) is 15.6. The van der Waals surface area contributed by atoms with Crippen molar-refractivity contribution in [2.45, 2.75) is 309 Å². The van der Waals surface area contributed by atoms with Crippen LogP contribution in [0, 0.1) is 0 Å². The second-order valence-corrected chi connectivity index (χ2v) is 25.1. The van der Waals surface area contributed by atoms with Crippen LogP contribution in [-0.2, 0) is 27.9 Å². The number of nitrogens with one attached hydrogen (secondary N) is 1. The van der Waals surface area contributed by atoms with Gasteiger partial charge in [-0.2, -0.15) is 0 Å². The highest BCUT2D eigenvalue weighted by Crippen LogP contribution is 2.43. The van der Waals surface area contributed by atoms with E-state index in [2.05, 4.69) is 99.0 Å². The maximum Gasteiger partial charge on any atom is 0.472 e. The third kappa shape index (κ3) is 59.8. The number of phosphoric acid groups is 1. The molecule has 0 saturated heterocycles. The highest BCUT2D eigenvalue weighted by Gasteiger charge is 2.30. The molecule has 2 N–H and O–H groups in total. The molecular formula is C70H128N2O7P+. The molecule has 0 rings (SSSR count). The lowest BCUT2D eigenvalue weighted by Crippen LogP contribution is -2.47. The van der Waals surface area contributed by atoms with Gasteiger partial charge in [0, 0.05) is 12.8 Å². The fourth-order valence-electron chi connectivity index (χ4n) is 9.47. The summed E-state index contributed by atoms with van der Waals surface area (Å²) >= 11 is 0. The Bertz CT molecular complexity index is 1640. The lowest BCUT2D eigenvalue weighted by atomic mass is 10.0. The number of hydrogen-bond donors (Lipinski definition) is 2. The first-order chi connectivity index (χ1) is 38.9. The van der Waals surface area contributed by atoms with Crippen molar-refractivity contribution in [1.82, 2.24) is 5.32 Å². The number of carbonyl (C=O) groups excluding carboxylic acids is 2. The summed E-state index contributed by atoms with van der Waals surface area (Å²) in [5.41, 5.74) is 0. The van der Waals surface area contributed by atoms with Crippen LogP contribution in [0.1, 0.15) is 297 Å². The summed E-state index contributed by atoms with van der Waals surface area (Å²) in [4.78, 5) is 37.8. The maximum absolute atomic E-state index is 13.6. The van der Waals surface area contributed by atoms with Crippen LogP contribution in [-0.4, -0.2) is 74.3 Å². The Morgan fingerprint density at radius 2 is 0.800 bits per heavy atom. The van der Waals surface area contributed by atoms with Crippen molar-refractivity contribution in [1.29, 1.82) is 0 Å². The van der Waals surface area contributed by atoms with E-state index >= 15 is 0 Å². The fraction of sp³-hybridized carbons (Fsp3) is 0.771. The third-order valence-electron chi connectivity index (χ3n) is 14.6. The van der Waals surface area contributed by atoms with Gasteiger partial charge in [-0.1, -0.05) is 286 Å². The maximum atomic E-state index is 13.6. The zero-order chi connectivity index (χ0) is 58.6. The zero-order valence-corrected chi connectivity index (χ0v) is 54.0. The molecule has 0 aromatic carbocycles. The summed E-state index contributed by atoms with van der Waals surface area (Å²) in [6, 6.07) is -0.859. The second kappa shape index (κ2) is 59.4. The summed E-state index contributed by atoms with van der Waals surface area (Å²) in [5, 5.41) is 3.06. The van der Waals surface area contributed by atoms with E-state index in [0.29, 0.717) is 17.4 Å². The minimum absolute atomic E-state index is 0.0351. The number of ether oxygens (including phenoxy) is 1. The first-order valence-corrected chi connectivity index (χ1v) is 34.9. The number of carbonyl (C=O) groups is 2. The summed E-state index contributed by atoms with van der Waals surface area (Å²) in [5.74, 6) is -0.515. The molecule has 3 unspecified atom stereocenters. The van der Waals surface area contributed by atoms with Crippen molar-refractivity contribution in [3.8, 4) is 0 Å². The topological polar surface area (TPSA) is 111 Å². The van der Waals surface area contributed by atoms with Crippen LogP contribution >= 0.6 is 7.82 Å². The molecule has 464 valence electrons. The summed E-state index contributed by atoms with van der Waals surface area (Å²) in [7, 11) is 1.48. The molecule has 80 heavy (non-hydrogen) atoms. The molecule has 0 aliphatic carbocycles. The number of amides is 1. The van der Waals surface area contributed by atoms with E-state index in [1.54, 1.807) is 0 Å². The number of unbranched alkanes of at least 4 members (excludes halogenated alkanes) is 32. The van der Waals surface area contributed by atoms with Crippen molar-refractivity contribution >= 4 is 19.7 Å². The number of nitrogens with zero attached hydrogens (tertiary/aromatic N) is 1. The van der Waals surface area contributed by atoms with Crippen LogP contribution in [0.3, 0.4) is 0 Å². The Balaban J connectivity index is 5.17. The van der Waals surface area contributed by atoms with Crippen molar-refractivity contribution in [3.05, 3.63) is 85.1 Å². The highest BCUT2D eigenvalue weighted by molar-refractivity contribution is 7.47. The number of rotatable bonds is 60. The lowest BCUT2D eigenvalue weighted by Gasteiger charge is -2.27. The second-order valence-electron chi connectivity index (χ2n) is 23.6. The predicted molar refractivity (Wildman–Crippen MR) is 346 cm³/mol. The summed E-state index contributed by atoms with van der Waals surface area (Å²) in [6.07, 6.45) is 78.7. The predicted octanol–water partition coefficient (Wildman–Crippen LogP) is 21.0. The van der Waals surface area contributed by atoms with E-state index in [-0.39, 0.29) is 31.5 Å². The lowest BCUT2D eigenvalue weighted by molar-refractivity contribution is -0.870. The van der Waals surface area contributed by atoms with Crippen LogP contribution in [0.4, 0.5) is 0 Å². The Morgan fingerprint density at radius 1 is 0.450 bits per heavy atom. The first kappa shape index (κ1) is 77.2. The Kier molecular flexibility index (Phi) is 57.3. The van der Waals surface area contributed by atoms with Crippen LogP contribution < -0.4 is 5.32 Å². The van der Waals surface area contributed by atoms with Gasteiger partial charge in [-0.15, -0.1) is 0 Å². The van der Waals surface area contributed by atoms with Crippen LogP contribution in [0.5, 0.6) is 0 Å². The molecule has 0 aliphatic heterocycles. The molecule has 3 atom stereocenters. The molecule has 9 nitrogen and oxygen atoms in total. The highest BCUT2D eigenvalue weighted by atomic mass is 31.2. The number of esters is 1. The number of likely N-dealkylation sites (N-methyl/N-ethyl adjacent to an activating group) is 1. The van der Waals surface area contributed by atoms with Crippen LogP contribution in [0.25, 0.3) is 0 Å². The summed E-state index contributed by atoms with van der Waals surface area (Å²) < 4.78 is 30.8. The molecule has 1 amide bonds. The van der Waals surface area contributed by atoms with Gasteiger partial charge in [0.15, 0.2) is 0 Å². The molecule has 0 spiro atoms. The molecule has 0 heterocycles. The van der Waals surface area contributed by atoms with E-state index in [1.807, 2.05) is 33.3 Å². The van der Waals surface area contributed by atoms with E-state index in [0.717, 1.165) is 122 Å². The molecule has 0 fully saturated rings. The van der Waals surface area contributed by atoms with E-state index in [9.17, 15) is 19.0 Å². The van der Waals surface area contributed by atoms with Crippen molar-refractivity contribution < 1.29 is 37.3 Å². The molecule has 0 bridgehead atoms. The van der Waals surface area contributed by atoms with Crippen LogP contribution in [0.15, 0.2) is 85.1 Å². The average Bonchev–Trinajstić information content (AvgIpc) is 3.42. The number of quaternary nitrogens is 1. The van der Waals surface area contributed by atoms with Gasteiger partial charge in [0.25, 0.3) is 0 Å². The Hall–Kier alpha value is -2.81. The molecule has 0 aromatic heterocycles. The van der Waals surface area contributed by atoms with Crippen LogP contribution in [0.2, 0.25) is 0 Å². The molecule has 0 saturated carbocycles. The monoisotopic (exact) mass is 1140 g/mol. The molecule has 0 aliphatic rings. The zero-order valence-electron chi connectivity index (χ0n) is 53.1. The minimum atomic E-state index is -4.46. The fourth-order valence-corrected chi connectivity index (χ4v) is 10.2. The largest absolute Gasteiger partial charge is 0.472 e. The number of allylic oxidation sites excluding steroid dienone is 13. The first-order valence-electron chi connectivity index (χ1n) is 33.4. The quantitative estimate of drug-likeness (QED) is 0.0205. The van der Waals surface area contributed by atoms with Gasteiger partial charge in [-0.3, -0.25) is 18.6 Å². The minimum Gasteiger partial charge on any atom is -0.456 e. The van der Waals surface area contributed by atoms with Gasteiger partial charge < -0.3 is 19.4 Å². The van der Waals surface area contributed by atoms with Crippen molar-refractivity contribution in [3.63, 3.8) is 0 Å². The number of phosphoric ester groups is 1. The average molecular weight is 1140 g/mol. The number of hydrogen-bond acceptors (Lipinski definition) is 6.